The fourth-order valence-electron chi connectivity index (χ4n) is 4.03. The lowest BCUT2D eigenvalue weighted by molar-refractivity contribution is 0.0518. The second-order valence-corrected chi connectivity index (χ2v) is 12.8. The monoisotopic (exact) mass is 542 g/mol. The quantitative estimate of drug-likeness (QED) is 0.629. The van der Waals surface area contributed by atoms with Crippen LogP contribution in [0.1, 0.15) is 32.1 Å². The van der Waals surface area contributed by atoms with Gasteiger partial charge in [0.2, 0.25) is 16.0 Å². The van der Waals surface area contributed by atoms with Crippen molar-refractivity contribution >= 4 is 45.0 Å². The molecule has 2 aromatic heterocycles. The van der Waals surface area contributed by atoms with Gasteiger partial charge in [0.1, 0.15) is 22.1 Å². The molecule has 0 radical (unpaired) electrons. The van der Waals surface area contributed by atoms with Crippen LogP contribution in [0, 0.1) is 0 Å². The van der Waals surface area contributed by atoms with Crippen LogP contribution in [-0.2, 0) is 25.0 Å². The minimum absolute atomic E-state index is 0.0554. The number of guanidine groups is 1. The van der Waals surface area contributed by atoms with E-state index in [4.69, 9.17) is 30.8 Å². The molecule has 1 amide bonds. The number of nitrogens with one attached hydrogen (secondary N) is 1. The number of carbonyl (C=O) groups is 1. The number of amides is 1. The Bertz CT molecular complexity index is 1270. The van der Waals surface area contributed by atoms with E-state index >= 15 is 0 Å². The first-order valence-electron chi connectivity index (χ1n) is 10.8. The van der Waals surface area contributed by atoms with Crippen LogP contribution in [-0.4, -0.2) is 68.0 Å². The van der Waals surface area contributed by atoms with E-state index in [0.29, 0.717) is 15.6 Å². The van der Waals surface area contributed by atoms with Gasteiger partial charge in [0.15, 0.2) is 0 Å². The van der Waals surface area contributed by atoms with Crippen LogP contribution in [0.15, 0.2) is 29.5 Å². The molecule has 0 aliphatic carbocycles. The number of fused-ring (bicyclic) bond motifs is 1. The molecule has 35 heavy (non-hydrogen) atoms. The van der Waals surface area contributed by atoms with Crippen LogP contribution in [0.3, 0.4) is 0 Å². The minimum Gasteiger partial charge on any atom is -0.495 e. The lowest BCUT2D eigenvalue weighted by atomic mass is 9.88. The van der Waals surface area contributed by atoms with Gasteiger partial charge < -0.3 is 14.2 Å². The maximum Gasteiger partial charge on any atom is 0.414 e. The number of aliphatic imine (C=N–C) groups is 1. The highest BCUT2D eigenvalue weighted by molar-refractivity contribution is 7.90. The molecule has 2 unspecified atom stereocenters. The number of ether oxygens (including phenoxy) is 3. The molecule has 1 N–H and O–H groups in total. The fourth-order valence-corrected chi connectivity index (χ4v) is 7.57. The SMILES string of the molecule is COc1cncc(-c2cc(Cl)c(C34CCOCC3S(=O)(=O)N(C)C(NC(=O)OC(C)(C)C)=N4)s2)c1. The maximum atomic E-state index is 13.6. The van der Waals surface area contributed by atoms with Gasteiger partial charge >= 0.3 is 6.09 Å². The Hall–Kier alpha value is -2.41. The zero-order chi connectivity index (χ0) is 25.6. The molecule has 4 rings (SSSR count). The highest BCUT2D eigenvalue weighted by atomic mass is 35.5. The second-order valence-electron chi connectivity index (χ2n) is 9.21. The van der Waals surface area contributed by atoms with Crippen LogP contribution in [0.5, 0.6) is 5.75 Å². The number of halogens is 1. The van der Waals surface area contributed by atoms with E-state index in [1.165, 1.54) is 18.4 Å². The zero-order valence-corrected chi connectivity index (χ0v) is 22.4. The van der Waals surface area contributed by atoms with Gasteiger partial charge in [-0.05, 0) is 32.9 Å². The summed E-state index contributed by atoms with van der Waals surface area (Å²) in [5.74, 6) is 0.450. The summed E-state index contributed by atoms with van der Waals surface area (Å²) in [5.41, 5.74) is -1.25. The topological polar surface area (TPSA) is 119 Å². The Kier molecular flexibility index (Phi) is 6.77. The molecule has 2 atom stereocenters. The number of carbonyl (C=O) groups excluding carboxylic acids is 1. The average molecular weight is 543 g/mol. The Morgan fingerprint density at radius 1 is 1.34 bits per heavy atom. The molecule has 0 spiro atoms. The summed E-state index contributed by atoms with van der Waals surface area (Å²) in [5, 5.41) is 1.86. The van der Waals surface area contributed by atoms with Gasteiger partial charge in [-0.3, -0.25) is 10.3 Å². The molecule has 10 nitrogen and oxygen atoms in total. The maximum absolute atomic E-state index is 13.6. The third-order valence-corrected chi connectivity index (χ3v) is 9.64. The van der Waals surface area contributed by atoms with E-state index in [2.05, 4.69) is 10.3 Å². The zero-order valence-electron chi connectivity index (χ0n) is 20.0. The number of hydrogen-bond donors (Lipinski definition) is 1. The normalized spacial score (nSPS) is 23.8. The van der Waals surface area contributed by atoms with Crippen LogP contribution in [0.2, 0.25) is 5.02 Å². The molecular formula is C22H27ClN4O6S2. The predicted octanol–water partition coefficient (Wildman–Crippen LogP) is 3.61. The van der Waals surface area contributed by atoms with Gasteiger partial charge in [0.25, 0.3) is 0 Å². The molecule has 2 aliphatic heterocycles. The van der Waals surface area contributed by atoms with Crippen molar-refractivity contribution in [2.24, 2.45) is 4.99 Å². The van der Waals surface area contributed by atoms with E-state index in [9.17, 15) is 13.2 Å². The van der Waals surface area contributed by atoms with E-state index in [0.717, 1.165) is 14.7 Å². The first kappa shape index (κ1) is 25.7. The number of aromatic nitrogens is 1. The first-order valence-corrected chi connectivity index (χ1v) is 13.5. The molecule has 1 saturated heterocycles. The predicted molar refractivity (Wildman–Crippen MR) is 134 cm³/mol. The van der Waals surface area contributed by atoms with Crippen LogP contribution >= 0.6 is 22.9 Å². The Morgan fingerprint density at radius 2 is 2.09 bits per heavy atom. The summed E-state index contributed by atoms with van der Waals surface area (Å²) < 4.78 is 44.3. The standard InChI is InChI=1S/C22H27ClN4O6S2/c1-21(2,3)33-20(28)25-19-26-22(6-7-32-12-17(22)35(29,30)27(19)4)18-15(23)9-16(34-18)13-8-14(31-5)11-24-10-13/h8-11,17H,6-7,12H2,1-5H3,(H,25,26,28). The molecule has 13 heteroatoms. The molecule has 4 heterocycles. The van der Waals surface area contributed by atoms with Crippen molar-refractivity contribution in [2.75, 3.05) is 27.4 Å². The Labute approximate surface area is 213 Å². The number of alkyl carbamates (subject to hydrolysis) is 1. The summed E-state index contributed by atoms with van der Waals surface area (Å²) >= 11 is 8.05. The van der Waals surface area contributed by atoms with Gasteiger partial charge in [-0.15, -0.1) is 11.3 Å². The third kappa shape index (κ3) is 4.84. The van der Waals surface area contributed by atoms with Crippen molar-refractivity contribution in [2.45, 2.75) is 43.6 Å². The van der Waals surface area contributed by atoms with Crippen LogP contribution in [0.4, 0.5) is 4.79 Å². The fraction of sp³-hybridized carbons (Fsp3) is 0.500. The van der Waals surface area contributed by atoms with E-state index in [-0.39, 0.29) is 25.6 Å². The Balaban J connectivity index is 1.83. The summed E-state index contributed by atoms with van der Waals surface area (Å²) in [6, 6.07) is 3.59. The van der Waals surface area contributed by atoms with Crippen molar-refractivity contribution in [3.63, 3.8) is 0 Å². The lowest BCUT2D eigenvalue weighted by Crippen LogP contribution is -2.62. The average Bonchev–Trinajstić information content (AvgIpc) is 3.18. The number of pyridine rings is 1. The summed E-state index contributed by atoms with van der Waals surface area (Å²) in [7, 11) is -1.07. The molecule has 0 aromatic carbocycles. The summed E-state index contributed by atoms with van der Waals surface area (Å²) in [4.78, 5) is 22.9. The molecule has 0 bridgehead atoms. The summed E-state index contributed by atoms with van der Waals surface area (Å²) in [6.45, 7) is 5.37. The number of hydrogen-bond acceptors (Lipinski definition) is 9. The number of rotatable bonds is 3. The van der Waals surface area contributed by atoms with Crippen LogP contribution in [0.25, 0.3) is 10.4 Å². The van der Waals surface area contributed by atoms with Gasteiger partial charge in [-0.1, -0.05) is 11.6 Å². The van der Waals surface area contributed by atoms with Crippen molar-refractivity contribution in [1.29, 1.82) is 0 Å². The van der Waals surface area contributed by atoms with E-state index < -0.39 is 32.5 Å². The second kappa shape index (κ2) is 9.23. The first-order chi connectivity index (χ1) is 16.4. The van der Waals surface area contributed by atoms with Crippen molar-refractivity contribution in [1.82, 2.24) is 14.6 Å². The summed E-state index contributed by atoms with van der Waals surface area (Å²) in [6.07, 6.45) is 2.73. The van der Waals surface area contributed by atoms with E-state index in [1.807, 2.05) is 6.07 Å². The molecular weight excluding hydrogens is 516 g/mol. The van der Waals surface area contributed by atoms with Gasteiger partial charge in [0, 0.05) is 36.7 Å². The number of methoxy groups -OCH3 is 1. The minimum atomic E-state index is -3.97. The number of thiophene rings is 1. The molecule has 2 aliphatic rings. The third-order valence-electron chi connectivity index (χ3n) is 5.70. The Morgan fingerprint density at radius 3 is 2.77 bits per heavy atom. The molecule has 190 valence electrons. The smallest absolute Gasteiger partial charge is 0.414 e. The van der Waals surface area contributed by atoms with E-state index in [1.54, 1.807) is 46.3 Å². The molecule has 1 fully saturated rings. The highest BCUT2D eigenvalue weighted by Gasteiger charge is 2.57. The van der Waals surface area contributed by atoms with Crippen molar-refractivity contribution < 1.29 is 27.4 Å². The molecule has 2 aromatic rings. The highest BCUT2D eigenvalue weighted by Crippen LogP contribution is 2.50. The largest absolute Gasteiger partial charge is 0.495 e. The van der Waals surface area contributed by atoms with Gasteiger partial charge in [-0.2, -0.15) is 0 Å². The number of sulfonamides is 1. The van der Waals surface area contributed by atoms with Gasteiger partial charge in [0.05, 0.1) is 29.8 Å². The molecule has 0 saturated carbocycles. The van der Waals surface area contributed by atoms with Crippen molar-refractivity contribution in [3.8, 4) is 16.2 Å². The van der Waals surface area contributed by atoms with Gasteiger partial charge in [-0.25, -0.2) is 22.5 Å². The number of nitrogens with zero attached hydrogens (tertiary/aromatic N) is 3. The lowest BCUT2D eigenvalue weighted by Gasteiger charge is -2.45. The van der Waals surface area contributed by atoms with Crippen LogP contribution < -0.4 is 10.1 Å². The van der Waals surface area contributed by atoms with Crippen molar-refractivity contribution in [3.05, 3.63) is 34.4 Å².